The maximum absolute atomic E-state index is 2.49. The molecule has 2 aromatic heterocycles. The number of hydrogen-bond donors (Lipinski definition) is 0. The SMILES string of the molecule is c1ccc(-c2ccc(-n3c4ccccc4c4ccc5c(c6ccccc6n5-c5ccc6c(c5)C(c5ccccc5)(c5ccccc5)c5ccccc5-6)c43)cc2)cc1. The van der Waals surface area contributed by atoms with Crippen molar-refractivity contribution in [1.29, 1.82) is 0 Å². The molecule has 9 aromatic carbocycles. The Labute approximate surface area is 331 Å². The van der Waals surface area contributed by atoms with Crippen LogP contribution < -0.4 is 0 Å². The van der Waals surface area contributed by atoms with Gasteiger partial charge in [-0.3, -0.25) is 0 Å². The van der Waals surface area contributed by atoms with Gasteiger partial charge in [-0.25, -0.2) is 0 Å². The average molecular weight is 725 g/mol. The number of para-hydroxylation sites is 2. The number of benzene rings is 9. The largest absolute Gasteiger partial charge is 0.309 e. The number of nitrogens with zero attached hydrogens (tertiary/aromatic N) is 2. The molecule has 11 aromatic rings. The van der Waals surface area contributed by atoms with Gasteiger partial charge in [0.25, 0.3) is 0 Å². The highest BCUT2D eigenvalue weighted by Crippen LogP contribution is 2.56. The van der Waals surface area contributed by atoms with Gasteiger partial charge in [-0.05, 0) is 87.0 Å². The molecule has 0 aliphatic heterocycles. The van der Waals surface area contributed by atoms with Crippen molar-refractivity contribution < 1.29 is 0 Å². The molecular formula is C55H36N2. The lowest BCUT2D eigenvalue weighted by molar-refractivity contribution is 0.767. The Bertz CT molecular complexity index is 3280. The lowest BCUT2D eigenvalue weighted by Gasteiger charge is -2.34. The summed E-state index contributed by atoms with van der Waals surface area (Å²) in [5.41, 5.74) is 16.8. The minimum absolute atomic E-state index is 0.477. The summed E-state index contributed by atoms with van der Waals surface area (Å²) in [4.78, 5) is 0. The fraction of sp³-hybridized carbons (Fsp3) is 0.0182. The van der Waals surface area contributed by atoms with E-state index >= 15 is 0 Å². The quantitative estimate of drug-likeness (QED) is 0.167. The monoisotopic (exact) mass is 724 g/mol. The highest BCUT2D eigenvalue weighted by molar-refractivity contribution is 6.26. The van der Waals surface area contributed by atoms with Gasteiger partial charge in [0.15, 0.2) is 0 Å². The molecular weight excluding hydrogens is 689 g/mol. The third kappa shape index (κ3) is 4.47. The molecule has 0 atom stereocenters. The first kappa shape index (κ1) is 31.9. The van der Waals surface area contributed by atoms with Crippen LogP contribution in [0, 0.1) is 0 Å². The fourth-order valence-corrected chi connectivity index (χ4v) is 10.1. The molecule has 0 bridgehead atoms. The Morgan fingerprint density at radius 1 is 0.316 bits per heavy atom. The third-order valence-electron chi connectivity index (χ3n) is 12.4. The first-order chi connectivity index (χ1) is 28.3. The predicted octanol–water partition coefficient (Wildman–Crippen LogP) is 13.9. The van der Waals surface area contributed by atoms with E-state index in [1.54, 1.807) is 0 Å². The van der Waals surface area contributed by atoms with Crippen LogP contribution in [-0.4, -0.2) is 9.13 Å². The second-order valence-corrected chi connectivity index (χ2v) is 15.2. The predicted molar refractivity (Wildman–Crippen MR) is 238 cm³/mol. The molecule has 266 valence electrons. The maximum Gasteiger partial charge on any atom is 0.0714 e. The van der Waals surface area contributed by atoms with E-state index in [-0.39, 0.29) is 0 Å². The van der Waals surface area contributed by atoms with Crippen LogP contribution in [0.1, 0.15) is 22.3 Å². The Hall–Kier alpha value is -7.42. The van der Waals surface area contributed by atoms with E-state index < -0.39 is 5.41 Å². The molecule has 12 rings (SSSR count). The van der Waals surface area contributed by atoms with Gasteiger partial charge in [0.05, 0.1) is 27.5 Å². The van der Waals surface area contributed by atoms with Gasteiger partial charge in [0.2, 0.25) is 0 Å². The van der Waals surface area contributed by atoms with E-state index in [0.29, 0.717) is 0 Å². The van der Waals surface area contributed by atoms with Crippen molar-refractivity contribution in [3.63, 3.8) is 0 Å². The molecule has 0 radical (unpaired) electrons. The normalized spacial score (nSPS) is 13.1. The highest BCUT2D eigenvalue weighted by atomic mass is 15.0. The van der Waals surface area contributed by atoms with Crippen LogP contribution in [0.4, 0.5) is 0 Å². The minimum atomic E-state index is -0.477. The van der Waals surface area contributed by atoms with Crippen LogP contribution in [0.5, 0.6) is 0 Å². The van der Waals surface area contributed by atoms with Crippen LogP contribution in [-0.2, 0) is 5.41 Å². The first-order valence-electron chi connectivity index (χ1n) is 19.8. The van der Waals surface area contributed by atoms with E-state index in [1.165, 1.54) is 88.1 Å². The van der Waals surface area contributed by atoms with Gasteiger partial charge in [-0.2, -0.15) is 0 Å². The van der Waals surface area contributed by atoms with Gasteiger partial charge in [0.1, 0.15) is 0 Å². The van der Waals surface area contributed by atoms with Gasteiger partial charge >= 0.3 is 0 Å². The topological polar surface area (TPSA) is 9.86 Å². The van der Waals surface area contributed by atoms with Crippen molar-refractivity contribution in [2.75, 3.05) is 0 Å². The average Bonchev–Trinajstić information content (AvgIpc) is 3.91. The summed E-state index contributed by atoms with van der Waals surface area (Å²) >= 11 is 0. The zero-order valence-electron chi connectivity index (χ0n) is 31.2. The zero-order chi connectivity index (χ0) is 37.5. The van der Waals surface area contributed by atoms with E-state index in [2.05, 4.69) is 228 Å². The minimum Gasteiger partial charge on any atom is -0.309 e. The molecule has 0 unspecified atom stereocenters. The molecule has 1 aliphatic rings. The van der Waals surface area contributed by atoms with Crippen LogP contribution in [0.15, 0.2) is 218 Å². The highest BCUT2D eigenvalue weighted by Gasteiger charge is 2.46. The number of aromatic nitrogens is 2. The van der Waals surface area contributed by atoms with Gasteiger partial charge in [0, 0.05) is 32.9 Å². The zero-order valence-corrected chi connectivity index (χ0v) is 31.2. The maximum atomic E-state index is 2.49. The van der Waals surface area contributed by atoms with Gasteiger partial charge in [-0.1, -0.05) is 176 Å². The molecule has 0 saturated heterocycles. The van der Waals surface area contributed by atoms with Crippen molar-refractivity contribution in [2.24, 2.45) is 0 Å². The second-order valence-electron chi connectivity index (χ2n) is 15.2. The van der Waals surface area contributed by atoms with E-state index in [9.17, 15) is 0 Å². The molecule has 0 saturated carbocycles. The van der Waals surface area contributed by atoms with Crippen molar-refractivity contribution in [1.82, 2.24) is 9.13 Å². The lowest BCUT2D eigenvalue weighted by Crippen LogP contribution is -2.28. The van der Waals surface area contributed by atoms with E-state index in [4.69, 9.17) is 0 Å². The first-order valence-corrected chi connectivity index (χ1v) is 19.8. The molecule has 2 nitrogen and oxygen atoms in total. The van der Waals surface area contributed by atoms with Gasteiger partial charge in [-0.15, -0.1) is 0 Å². The molecule has 0 fully saturated rings. The smallest absolute Gasteiger partial charge is 0.0714 e. The second kappa shape index (κ2) is 12.3. The summed E-state index contributed by atoms with van der Waals surface area (Å²) in [6, 6.07) is 80.5. The fourth-order valence-electron chi connectivity index (χ4n) is 10.1. The van der Waals surface area contributed by atoms with Crippen LogP contribution in [0.3, 0.4) is 0 Å². The van der Waals surface area contributed by atoms with E-state index in [1.807, 2.05) is 0 Å². The van der Waals surface area contributed by atoms with Crippen LogP contribution in [0.2, 0.25) is 0 Å². The molecule has 57 heavy (non-hydrogen) atoms. The number of fused-ring (bicyclic) bond motifs is 10. The summed E-state index contributed by atoms with van der Waals surface area (Å²) in [5.74, 6) is 0. The Morgan fingerprint density at radius 3 is 1.58 bits per heavy atom. The van der Waals surface area contributed by atoms with Crippen LogP contribution in [0.25, 0.3) is 77.2 Å². The summed E-state index contributed by atoms with van der Waals surface area (Å²) in [6.07, 6.45) is 0. The molecule has 1 aliphatic carbocycles. The number of rotatable bonds is 5. The standard InChI is InChI=1S/C55H36N2/c1-4-16-37(17-5-1)38-28-30-41(31-29-38)57-50-26-14-11-23-45(50)46-34-35-52-53(54(46)57)47-24-12-15-27-51(47)56(52)42-32-33-44-43-22-10-13-25-48(43)55(49(44)36-42,39-18-6-2-7-19-39)40-20-8-3-9-21-40/h1-36H. The van der Waals surface area contributed by atoms with Crippen LogP contribution >= 0.6 is 0 Å². The molecule has 0 spiro atoms. The van der Waals surface area contributed by atoms with E-state index in [0.717, 1.165) is 11.4 Å². The Kier molecular flexibility index (Phi) is 6.88. The number of hydrogen-bond acceptors (Lipinski definition) is 0. The molecule has 0 N–H and O–H groups in total. The summed E-state index contributed by atoms with van der Waals surface area (Å²) in [5, 5.41) is 5.01. The summed E-state index contributed by atoms with van der Waals surface area (Å²) in [7, 11) is 0. The van der Waals surface area contributed by atoms with Crippen molar-refractivity contribution in [3.05, 3.63) is 241 Å². The molecule has 2 heteroatoms. The summed E-state index contributed by atoms with van der Waals surface area (Å²) in [6.45, 7) is 0. The van der Waals surface area contributed by atoms with Gasteiger partial charge < -0.3 is 9.13 Å². The summed E-state index contributed by atoms with van der Waals surface area (Å²) < 4.78 is 4.97. The third-order valence-corrected chi connectivity index (χ3v) is 12.4. The van der Waals surface area contributed by atoms with Crippen molar-refractivity contribution >= 4 is 43.6 Å². The molecule has 0 amide bonds. The Morgan fingerprint density at radius 2 is 0.860 bits per heavy atom. The molecule has 2 heterocycles. The lowest BCUT2D eigenvalue weighted by atomic mass is 9.67. The van der Waals surface area contributed by atoms with Crippen molar-refractivity contribution in [3.8, 4) is 33.6 Å². The van der Waals surface area contributed by atoms with Crippen molar-refractivity contribution in [2.45, 2.75) is 5.41 Å². The Balaban J connectivity index is 1.15.